The van der Waals surface area contributed by atoms with E-state index in [-0.39, 0.29) is 23.7 Å². The molecule has 0 aromatic heterocycles. The van der Waals surface area contributed by atoms with Crippen molar-refractivity contribution in [3.8, 4) is 6.07 Å². The Bertz CT molecular complexity index is 623. The second-order valence-electron chi connectivity index (χ2n) is 7.20. The first-order chi connectivity index (χ1) is 12.0. The van der Waals surface area contributed by atoms with Gasteiger partial charge in [-0.05, 0) is 62.3 Å². The summed E-state index contributed by atoms with van der Waals surface area (Å²) in [5.41, 5.74) is 1.28. The van der Waals surface area contributed by atoms with E-state index in [1.807, 2.05) is 0 Å². The number of nitrogens with zero attached hydrogens (tertiary/aromatic N) is 1. The first-order valence-electron chi connectivity index (χ1n) is 9.08. The van der Waals surface area contributed by atoms with Gasteiger partial charge in [0.05, 0.1) is 11.6 Å². The average molecular weight is 341 g/mol. The van der Waals surface area contributed by atoms with Crippen molar-refractivity contribution in [2.24, 2.45) is 17.8 Å². The maximum Gasteiger partial charge on any atom is 0.227 e. The number of amides is 2. The maximum atomic E-state index is 12.4. The highest BCUT2D eigenvalue weighted by Gasteiger charge is 2.29. The van der Waals surface area contributed by atoms with Crippen LogP contribution in [0.2, 0.25) is 0 Å². The normalized spacial score (nSPS) is 19.9. The van der Waals surface area contributed by atoms with Crippen LogP contribution in [0.15, 0.2) is 24.3 Å². The molecule has 1 fully saturated rings. The van der Waals surface area contributed by atoms with Gasteiger partial charge in [0.15, 0.2) is 0 Å². The van der Waals surface area contributed by atoms with Gasteiger partial charge in [-0.15, -0.1) is 0 Å². The summed E-state index contributed by atoms with van der Waals surface area (Å²) in [6.45, 7) is 5.02. The third-order valence-corrected chi connectivity index (χ3v) is 4.77. The minimum Gasteiger partial charge on any atom is -0.356 e. The Balaban J connectivity index is 1.76. The number of hydrogen-bond donors (Lipinski definition) is 2. The molecule has 1 aromatic carbocycles. The summed E-state index contributed by atoms with van der Waals surface area (Å²) in [7, 11) is 0. The summed E-state index contributed by atoms with van der Waals surface area (Å²) >= 11 is 0. The van der Waals surface area contributed by atoms with E-state index in [9.17, 15) is 9.59 Å². The summed E-state index contributed by atoms with van der Waals surface area (Å²) in [5, 5.41) is 14.7. The fourth-order valence-electron chi connectivity index (χ4n) is 3.12. The van der Waals surface area contributed by atoms with Gasteiger partial charge < -0.3 is 10.6 Å². The van der Waals surface area contributed by atoms with Gasteiger partial charge in [0.1, 0.15) is 0 Å². The molecule has 0 radical (unpaired) electrons. The van der Waals surface area contributed by atoms with E-state index in [1.165, 1.54) is 0 Å². The first-order valence-corrected chi connectivity index (χ1v) is 9.08. The monoisotopic (exact) mass is 341 g/mol. The van der Waals surface area contributed by atoms with Gasteiger partial charge in [-0.1, -0.05) is 13.8 Å². The van der Waals surface area contributed by atoms with Crippen LogP contribution < -0.4 is 10.6 Å². The highest BCUT2D eigenvalue weighted by Crippen LogP contribution is 2.30. The standard InChI is InChI=1S/C20H27N3O2/c1-14(2)11-12-22-19(24)16-5-7-17(8-6-16)20(25)23-18-9-3-15(13-21)4-10-18/h3-4,9-10,14,16-17H,5-8,11-12H2,1-2H3,(H,22,24)(H,23,25). The fourth-order valence-corrected chi connectivity index (χ4v) is 3.12. The molecule has 5 nitrogen and oxygen atoms in total. The third-order valence-electron chi connectivity index (χ3n) is 4.77. The van der Waals surface area contributed by atoms with Crippen molar-refractivity contribution in [2.45, 2.75) is 46.0 Å². The molecule has 2 rings (SSSR count). The van der Waals surface area contributed by atoms with Crippen LogP contribution in [0, 0.1) is 29.1 Å². The second-order valence-corrected chi connectivity index (χ2v) is 7.20. The summed E-state index contributed by atoms with van der Waals surface area (Å²) in [6.07, 6.45) is 4.00. The Hall–Kier alpha value is -2.35. The molecule has 0 heterocycles. The zero-order chi connectivity index (χ0) is 18.2. The minimum atomic E-state index is -0.0460. The highest BCUT2D eigenvalue weighted by atomic mass is 16.2. The Morgan fingerprint density at radius 1 is 1.08 bits per heavy atom. The van der Waals surface area contributed by atoms with Gasteiger partial charge in [-0.25, -0.2) is 0 Å². The number of carbonyl (C=O) groups excluding carboxylic acids is 2. The molecular formula is C20H27N3O2. The lowest BCUT2D eigenvalue weighted by molar-refractivity contribution is -0.128. The molecule has 134 valence electrons. The molecule has 5 heteroatoms. The lowest BCUT2D eigenvalue weighted by Gasteiger charge is -2.27. The molecule has 2 N–H and O–H groups in total. The van der Waals surface area contributed by atoms with E-state index in [0.29, 0.717) is 17.2 Å². The molecule has 0 aliphatic heterocycles. The zero-order valence-corrected chi connectivity index (χ0v) is 15.0. The largest absolute Gasteiger partial charge is 0.356 e. The fraction of sp³-hybridized carbons (Fsp3) is 0.550. The minimum absolute atomic E-state index is 0.00312. The Labute approximate surface area is 149 Å². The molecule has 2 amide bonds. The van der Waals surface area contributed by atoms with E-state index in [1.54, 1.807) is 24.3 Å². The maximum absolute atomic E-state index is 12.4. The van der Waals surface area contributed by atoms with E-state index in [2.05, 4.69) is 30.6 Å². The van der Waals surface area contributed by atoms with Crippen LogP contribution in [0.4, 0.5) is 5.69 Å². The molecule has 0 saturated heterocycles. The van der Waals surface area contributed by atoms with E-state index in [0.717, 1.165) is 38.6 Å². The van der Waals surface area contributed by atoms with Gasteiger partial charge >= 0.3 is 0 Å². The summed E-state index contributed by atoms with van der Waals surface area (Å²) in [5.74, 6) is 0.707. The molecular weight excluding hydrogens is 314 g/mol. The van der Waals surface area contributed by atoms with Gasteiger partial charge in [0, 0.05) is 24.1 Å². The quantitative estimate of drug-likeness (QED) is 0.831. The molecule has 0 bridgehead atoms. The van der Waals surface area contributed by atoms with Gasteiger partial charge in [0.25, 0.3) is 0 Å². The van der Waals surface area contributed by atoms with Crippen molar-refractivity contribution in [3.05, 3.63) is 29.8 Å². The topological polar surface area (TPSA) is 82.0 Å². The molecule has 1 aliphatic rings. The molecule has 0 spiro atoms. The van der Waals surface area contributed by atoms with Crippen molar-refractivity contribution in [2.75, 3.05) is 11.9 Å². The molecule has 0 atom stereocenters. The molecule has 25 heavy (non-hydrogen) atoms. The van der Waals surface area contributed by atoms with Crippen molar-refractivity contribution >= 4 is 17.5 Å². The van der Waals surface area contributed by atoms with Crippen LogP contribution >= 0.6 is 0 Å². The van der Waals surface area contributed by atoms with Gasteiger partial charge in [0.2, 0.25) is 11.8 Å². The Morgan fingerprint density at radius 2 is 1.64 bits per heavy atom. The van der Waals surface area contributed by atoms with Crippen LogP contribution in [-0.2, 0) is 9.59 Å². The SMILES string of the molecule is CC(C)CCNC(=O)C1CCC(C(=O)Nc2ccc(C#N)cc2)CC1. The van der Waals surface area contributed by atoms with E-state index < -0.39 is 0 Å². The van der Waals surface area contributed by atoms with E-state index in [4.69, 9.17) is 5.26 Å². The van der Waals surface area contributed by atoms with Crippen LogP contribution in [0.5, 0.6) is 0 Å². The summed E-state index contributed by atoms with van der Waals surface area (Å²) in [4.78, 5) is 24.5. The van der Waals surface area contributed by atoms with Crippen LogP contribution in [-0.4, -0.2) is 18.4 Å². The third kappa shape index (κ3) is 5.90. The second kappa shape index (κ2) is 9.22. The molecule has 1 saturated carbocycles. The number of carbonyl (C=O) groups is 2. The number of nitrogens with one attached hydrogen (secondary N) is 2. The molecule has 1 aromatic rings. The Morgan fingerprint density at radius 3 is 2.16 bits per heavy atom. The van der Waals surface area contributed by atoms with Crippen molar-refractivity contribution in [1.82, 2.24) is 5.32 Å². The lowest BCUT2D eigenvalue weighted by Crippen LogP contribution is -2.36. The van der Waals surface area contributed by atoms with Crippen molar-refractivity contribution in [3.63, 3.8) is 0 Å². The summed E-state index contributed by atoms with van der Waals surface area (Å²) in [6, 6.07) is 8.91. The average Bonchev–Trinajstić information content (AvgIpc) is 2.62. The van der Waals surface area contributed by atoms with Gasteiger partial charge in [-0.2, -0.15) is 5.26 Å². The van der Waals surface area contributed by atoms with Crippen LogP contribution in [0.1, 0.15) is 51.5 Å². The van der Waals surface area contributed by atoms with Gasteiger partial charge in [-0.3, -0.25) is 9.59 Å². The summed E-state index contributed by atoms with van der Waals surface area (Å²) < 4.78 is 0. The van der Waals surface area contributed by atoms with Crippen molar-refractivity contribution < 1.29 is 9.59 Å². The smallest absolute Gasteiger partial charge is 0.227 e. The number of benzene rings is 1. The predicted octanol–water partition coefficient (Wildman–Crippen LogP) is 3.47. The Kier molecular flexibility index (Phi) is 7.00. The van der Waals surface area contributed by atoms with Crippen molar-refractivity contribution in [1.29, 1.82) is 5.26 Å². The first kappa shape index (κ1) is 19.0. The van der Waals surface area contributed by atoms with E-state index >= 15 is 0 Å². The zero-order valence-electron chi connectivity index (χ0n) is 15.0. The highest BCUT2D eigenvalue weighted by molar-refractivity contribution is 5.92. The predicted molar refractivity (Wildman–Crippen MR) is 97.7 cm³/mol. The number of anilines is 1. The number of rotatable bonds is 6. The molecule has 1 aliphatic carbocycles. The van der Waals surface area contributed by atoms with Crippen LogP contribution in [0.3, 0.4) is 0 Å². The van der Waals surface area contributed by atoms with Crippen LogP contribution in [0.25, 0.3) is 0 Å². The molecule has 0 unspecified atom stereocenters. The lowest BCUT2D eigenvalue weighted by atomic mass is 9.81. The number of hydrogen-bond acceptors (Lipinski definition) is 3. The number of nitriles is 1.